The van der Waals surface area contributed by atoms with Crippen LogP contribution in [-0.4, -0.2) is 18.2 Å². The third kappa shape index (κ3) is 3.57. The molecule has 0 saturated heterocycles. The largest absolute Gasteiger partial charge is 0.490 e. The van der Waals surface area contributed by atoms with Crippen LogP contribution in [0.1, 0.15) is 25.0 Å². The summed E-state index contributed by atoms with van der Waals surface area (Å²) in [6.45, 7) is 5.18. The Balaban J connectivity index is 1.92. The van der Waals surface area contributed by atoms with Crippen molar-refractivity contribution in [1.82, 2.24) is 4.98 Å². The van der Waals surface area contributed by atoms with Gasteiger partial charge in [0.2, 0.25) is 0 Å². The van der Waals surface area contributed by atoms with Gasteiger partial charge in [0, 0.05) is 11.6 Å². The van der Waals surface area contributed by atoms with Gasteiger partial charge in [0.05, 0.1) is 18.7 Å². The quantitative estimate of drug-likeness (QED) is 0.625. The number of pyridine rings is 1. The van der Waals surface area contributed by atoms with Gasteiger partial charge < -0.3 is 9.47 Å². The fourth-order valence-corrected chi connectivity index (χ4v) is 2.62. The zero-order valence-corrected chi connectivity index (χ0v) is 14.0. The van der Waals surface area contributed by atoms with E-state index in [9.17, 15) is 0 Å². The molecule has 0 saturated carbocycles. The van der Waals surface area contributed by atoms with E-state index in [1.54, 1.807) is 0 Å². The summed E-state index contributed by atoms with van der Waals surface area (Å²) in [7, 11) is 0. The Labute approximate surface area is 142 Å². The number of nitrogens with zero attached hydrogens (tertiary/aromatic N) is 1. The van der Waals surface area contributed by atoms with Crippen LogP contribution < -0.4 is 9.47 Å². The second-order valence-electron chi connectivity index (χ2n) is 5.32. The van der Waals surface area contributed by atoms with E-state index in [0.717, 1.165) is 33.5 Å². The molecule has 0 aliphatic rings. The highest BCUT2D eigenvalue weighted by Gasteiger charge is 2.05. The van der Waals surface area contributed by atoms with Gasteiger partial charge in [-0.2, -0.15) is 0 Å². The molecule has 1 aromatic heterocycles. The lowest BCUT2D eigenvalue weighted by molar-refractivity contribution is 0.287. The molecule has 0 unspecified atom stereocenters. The van der Waals surface area contributed by atoms with Gasteiger partial charge in [0.1, 0.15) is 0 Å². The van der Waals surface area contributed by atoms with Crippen LogP contribution >= 0.6 is 0 Å². The Bertz CT molecular complexity index is 850. The van der Waals surface area contributed by atoms with Gasteiger partial charge in [0.25, 0.3) is 0 Å². The van der Waals surface area contributed by atoms with Gasteiger partial charge in [0.15, 0.2) is 11.5 Å². The first kappa shape index (κ1) is 16.1. The van der Waals surface area contributed by atoms with Gasteiger partial charge in [-0.3, -0.25) is 4.98 Å². The predicted octanol–water partition coefficient (Wildman–Crippen LogP) is 5.20. The zero-order chi connectivity index (χ0) is 16.8. The van der Waals surface area contributed by atoms with E-state index in [1.165, 1.54) is 0 Å². The first-order valence-electron chi connectivity index (χ1n) is 8.23. The summed E-state index contributed by atoms with van der Waals surface area (Å²) < 4.78 is 11.3. The average Bonchev–Trinajstić information content (AvgIpc) is 2.62. The highest BCUT2D eigenvalue weighted by Crippen LogP contribution is 2.29. The topological polar surface area (TPSA) is 31.4 Å². The smallest absolute Gasteiger partial charge is 0.161 e. The maximum atomic E-state index is 5.68. The molecule has 3 nitrogen and oxygen atoms in total. The van der Waals surface area contributed by atoms with Crippen molar-refractivity contribution < 1.29 is 9.47 Å². The van der Waals surface area contributed by atoms with Crippen molar-refractivity contribution in [2.75, 3.05) is 13.2 Å². The number of ether oxygens (including phenoxy) is 2. The van der Waals surface area contributed by atoms with Crippen molar-refractivity contribution in [3.63, 3.8) is 0 Å². The molecule has 3 aromatic rings. The Morgan fingerprint density at radius 2 is 1.67 bits per heavy atom. The molecule has 0 N–H and O–H groups in total. The molecule has 0 spiro atoms. The van der Waals surface area contributed by atoms with E-state index in [4.69, 9.17) is 9.47 Å². The summed E-state index contributed by atoms with van der Waals surface area (Å²) in [5.74, 6) is 1.56. The van der Waals surface area contributed by atoms with Crippen LogP contribution in [0.3, 0.4) is 0 Å². The summed E-state index contributed by atoms with van der Waals surface area (Å²) in [5.41, 5.74) is 3.22. The molecule has 3 rings (SSSR count). The van der Waals surface area contributed by atoms with Crippen LogP contribution in [0, 0.1) is 0 Å². The summed E-state index contributed by atoms with van der Waals surface area (Å²) >= 11 is 0. The molecule has 3 heteroatoms. The predicted molar refractivity (Wildman–Crippen MR) is 99.5 cm³/mol. The van der Waals surface area contributed by atoms with Crippen LogP contribution in [0.4, 0.5) is 0 Å². The molecule has 0 aliphatic carbocycles. The number of benzene rings is 2. The van der Waals surface area contributed by atoms with Gasteiger partial charge in [-0.05, 0) is 49.2 Å². The summed E-state index contributed by atoms with van der Waals surface area (Å²) in [6.07, 6.45) is 6.03. The number of hydrogen-bond acceptors (Lipinski definition) is 3. The van der Waals surface area contributed by atoms with E-state index >= 15 is 0 Å². The highest BCUT2D eigenvalue weighted by molar-refractivity contribution is 5.90. The van der Waals surface area contributed by atoms with Crippen molar-refractivity contribution in [2.24, 2.45) is 0 Å². The maximum absolute atomic E-state index is 5.68. The summed E-state index contributed by atoms with van der Waals surface area (Å²) in [4.78, 5) is 4.40. The zero-order valence-electron chi connectivity index (χ0n) is 14.0. The van der Waals surface area contributed by atoms with E-state index in [0.29, 0.717) is 13.2 Å². The molecule has 0 fully saturated rings. The molecule has 122 valence electrons. The van der Waals surface area contributed by atoms with Crippen molar-refractivity contribution in [3.05, 3.63) is 65.9 Å². The third-order valence-electron chi connectivity index (χ3n) is 3.71. The fourth-order valence-electron chi connectivity index (χ4n) is 2.62. The summed E-state index contributed by atoms with van der Waals surface area (Å²) in [6, 6.07) is 16.2. The molecule has 24 heavy (non-hydrogen) atoms. The first-order chi connectivity index (χ1) is 11.8. The van der Waals surface area contributed by atoms with E-state index in [-0.39, 0.29) is 0 Å². The Morgan fingerprint density at radius 1 is 0.875 bits per heavy atom. The standard InChI is InChI=1S/C21H21NO2/c1-3-23-20-12-10-16(15-21(20)24-4-2)9-11-17-13-14-22-19-8-6-5-7-18(17)19/h5-15H,3-4H2,1-2H3/b11-9-. The minimum atomic E-state index is 0.613. The van der Waals surface area contributed by atoms with Crippen molar-refractivity contribution in [3.8, 4) is 11.5 Å². The fraction of sp³-hybridized carbons (Fsp3) is 0.190. The van der Waals surface area contributed by atoms with Crippen molar-refractivity contribution in [2.45, 2.75) is 13.8 Å². The normalized spacial score (nSPS) is 11.1. The van der Waals surface area contributed by atoms with E-state index in [1.807, 2.05) is 62.5 Å². The van der Waals surface area contributed by atoms with Gasteiger partial charge in [-0.1, -0.05) is 36.4 Å². The highest BCUT2D eigenvalue weighted by atomic mass is 16.5. The number of rotatable bonds is 6. The lowest BCUT2D eigenvalue weighted by atomic mass is 10.1. The van der Waals surface area contributed by atoms with Gasteiger partial charge >= 0.3 is 0 Å². The van der Waals surface area contributed by atoms with Crippen LogP contribution in [-0.2, 0) is 0 Å². The number of aromatic nitrogens is 1. The third-order valence-corrected chi connectivity index (χ3v) is 3.71. The minimum absolute atomic E-state index is 0.613. The Hall–Kier alpha value is -2.81. The molecule has 2 aromatic carbocycles. The summed E-state index contributed by atoms with van der Waals surface area (Å²) in [5, 5.41) is 1.15. The number of hydrogen-bond donors (Lipinski definition) is 0. The molecular formula is C21H21NO2. The SMILES string of the molecule is CCOc1ccc(/C=C\c2ccnc3ccccc23)cc1OCC. The van der Waals surface area contributed by atoms with Crippen LogP contribution in [0.2, 0.25) is 0 Å². The molecule has 0 bridgehead atoms. The van der Waals surface area contributed by atoms with E-state index in [2.05, 4.69) is 23.2 Å². The number of fused-ring (bicyclic) bond motifs is 1. The van der Waals surface area contributed by atoms with Crippen molar-refractivity contribution >= 4 is 23.1 Å². The lowest BCUT2D eigenvalue weighted by Crippen LogP contribution is -1.98. The molecule has 0 atom stereocenters. The first-order valence-corrected chi connectivity index (χ1v) is 8.23. The molecular weight excluding hydrogens is 298 g/mol. The number of para-hydroxylation sites is 1. The maximum Gasteiger partial charge on any atom is 0.161 e. The van der Waals surface area contributed by atoms with Gasteiger partial charge in [-0.25, -0.2) is 0 Å². The molecule has 0 amide bonds. The molecule has 0 aliphatic heterocycles. The van der Waals surface area contributed by atoms with Gasteiger partial charge in [-0.15, -0.1) is 0 Å². The molecule has 0 radical (unpaired) electrons. The van der Waals surface area contributed by atoms with Crippen molar-refractivity contribution in [1.29, 1.82) is 0 Å². The Morgan fingerprint density at radius 3 is 2.50 bits per heavy atom. The van der Waals surface area contributed by atoms with E-state index < -0.39 is 0 Å². The van der Waals surface area contributed by atoms with Crippen LogP contribution in [0.5, 0.6) is 11.5 Å². The van der Waals surface area contributed by atoms with Crippen LogP contribution in [0.25, 0.3) is 23.1 Å². The molecule has 1 heterocycles. The minimum Gasteiger partial charge on any atom is -0.490 e. The Kier molecular flexibility index (Phi) is 5.12. The monoisotopic (exact) mass is 319 g/mol. The lowest BCUT2D eigenvalue weighted by Gasteiger charge is -2.11. The van der Waals surface area contributed by atoms with Crippen LogP contribution in [0.15, 0.2) is 54.7 Å². The second-order valence-corrected chi connectivity index (χ2v) is 5.32. The second kappa shape index (κ2) is 7.64. The average molecular weight is 319 g/mol.